The highest BCUT2D eigenvalue weighted by Gasteiger charge is 2.12. The van der Waals surface area contributed by atoms with E-state index < -0.39 is 0 Å². The van der Waals surface area contributed by atoms with Crippen molar-refractivity contribution in [3.05, 3.63) is 63.9 Å². The number of pyridine rings is 1. The summed E-state index contributed by atoms with van der Waals surface area (Å²) >= 11 is 11.7. The van der Waals surface area contributed by atoms with Crippen molar-refractivity contribution in [1.82, 2.24) is 4.98 Å². The van der Waals surface area contributed by atoms with Gasteiger partial charge in [-0.2, -0.15) is 0 Å². The second kappa shape index (κ2) is 4.64. The molecule has 0 spiro atoms. The van der Waals surface area contributed by atoms with Gasteiger partial charge in [0.05, 0.1) is 5.02 Å². The first-order valence-electron chi connectivity index (χ1n) is 4.58. The molecule has 0 aliphatic heterocycles. The fourth-order valence-corrected chi connectivity index (χ4v) is 1.82. The van der Waals surface area contributed by atoms with Gasteiger partial charge in [0.1, 0.15) is 0 Å². The molecule has 0 bridgehead atoms. The van der Waals surface area contributed by atoms with Gasteiger partial charge in [0.15, 0.2) is 5.78 Å². The third-order valence-electron chi connectivity index (χ3n) is 2.10. The van der Waals surface area contributed by atoms with E-state index in [0.29, 0.717) is 21.2 Å². The van der Waals surface area contributed by atoms with Gasteiger partial charge in [0.25, 0.3) is 0 Å². The van der Waals surface area contributed by atoms with Crippen molar-refractivity contribution >= 4 is 29.0 Å². The van der Waals surface area contributed by atoms with Crippen LogP contribution in [0.25, 0.3) is 0 Å². The Morgan fingerprint density at radius 2 is 2.00 bits per heavy atom. The lowest BCUT2D eigenvalue weighted by atomic mass is 10.1. The molecule has 2 rings (SSSR count). The van der Waals surface area contributed by atoms with Crippen LogP contribution in [0.4, 0.5) is 0 Å². The van der Waals surface area contributed by atoms with E-state index in [2.05, 4.69) is 4.98 Å². The number of rotatable bonds is 2. The predicted molar refractivity (Wildman–Crippen MR) is 64.1 cm³/mol. The van der Waals surface area contributed by atoms with Crippen LogP contribution in [-0.2, 0) is 0 Å². The van der Waals surface area contributed by atoms with Crippen molar-refractivity contribution in [3.63, 3.8) is 0 Å². The minimum Gasteiger partial charge on any atom is -0.288 e. The van der Waals surface area contributed by atoms with Gasteiger partial charge in [-0.3, -0.25) is 9.78 Å². The maximum atomic E-state index is 12.0. The van der Waals surface area contributed by atoms with Crippen LogP contribution >= 0.6 is 23.2 Å². The lowest BCUT2D eigenvalue weighted by Gasteiger charge is -2.03. The second-order valence-electron chi connectivity index (χ2n) is 3.19. The average Bonchev–Trinajstić information content (AvgIpc) is 2.29. The maximum Gasteiger partial charge on any atom is 0.196 e. The lowest BCUT2D eigenvalue weighted by Crippen LogP contribution is -2.02. The molecule has 0 aliphatic rings. The van der Waals surface area contributed by atoms with Crippen LogP contribution < -0.4 is 0 Å². The summed E-state index contributed by atoms with van der Waals surface area (Å²) in [6, 6.07) is 8.20. The van der Waals surface area contributed by atoms with Crippen LogP contribution in [0.15, 0.2) is 42.7 Å². The molecule has 1 heterocycles. The molecule has 0 fully saturated rings. The van der Waals surface area contributed by atoms with Gasteiger partial charge in [-0.1, -0.05) is 23.2 Å². The summed E-state index contributed by atoms with van der Waals surface area (Å²) in [4.78, 5) is 15.9. The van der Waals surface area contributed by atoms with Crippen LogP contribution in [0.5, 0.6) is 0 Å². The Morgan fingerprint density at radius 1 is 1.19 bits per heavy atom. The number of carbonyl (C=O) groups is 1. The zero-order valence-electron chi connectivity index (χ0n) is 8.15. The molecule has 0 saturated heterocycles. The first-order chi connectivity index (χ1) is 7.68. The Bertz CT molecular complexity index is 526. The smallest absolute Gasteiger partial charge is 0.196 e. The summed E-state index contributed by atoms with van der Waals surface area (Å²) in [6.45, 7) is 0. The third-order valence-corrected chi connectivity index (χ3v) is 2.65. The quantitative estimate of drug-likeness (QED) is 0.764. The number of hydrogen-bond acceptors (Lipinski definition) is 2. The van der Waals surface area contributed by atoms with Gasteiger partial charge in [-0.25, -0.2) is 0 Å². The number of carbonyl (C=O) groups excluding carboxylic acids is 1. The second-order valence-corrected chi connectivity index (χ2v) is 4.04. The van der Waals surface area contributed by atoms with Crippen LogP contribution in [-0.4, -0.2) is 10.8 Å². The molecule has 0 N–H and O–H groups in total. The molecule has 1 aromatic heterocycles. The Morgan fingerprint density at radius 3 is 2.62 bits per heavy atom. The van der Waals surface area contributed by atoms with Crippen molar-refractivity contribution in [1.29, 1.82) is 0 Å². The lowest BCUT2D eigenvalue weighted by molar-refractivity contribution is 0.103. The van der Waals surface area contributed by atoms with Crippen LogP contribution in [0.1, 0.15) is 15.9 Å². The average molecular weight is 252 g/mol. The predicted octanol–water partition coefficient (Wildman–Crippen LogP) is 3.62. The number of aromatic nitrogens is 1. The zero-order chi connectivity index (χ0) is 11.5. The number of nitrogens with zero attached hydrogens (tertiary/aromatic N) is 1. The zero-order valence-corrected chi connectivity index (χ0v) is 9.66. The van der Waals surface area contributed by atoms with E-state index >= 15 is 0 Å². The summed E-state index contributed by atoms with van der Waals surface area (Å²) in [5.41, 5.74) is 0.936. The molecular weight excluding hydrogens is 245 g/mol. The molecule has 0 amide bonds. The monoisotopic (exact) mass is 251 g/mol. The Labute approximate surface area is 103 Å². The Balaban J connectivity index is 2.42. The van der Waals surface area contributed by atoms with Gasteiger partial charge >= 0.3 is 0 Å². The number of halogens is 2. The number of ketones is 1. The molecule has 4 heteroatoms. The van der Waals surface area contributed by atoms with Crippen molar-refractivity contribution in [2.24, 2.45) is 0 Å². The van der Waals surface area contributed by atoms with E-state index in [0.717, 1.165) is 0 Å². The molecule has 2 aromatic rings. The largest absolute Gasteiger partial charge is 0.288 e. The van der Waals surface area contributed by atoms with Crippen molar-refractivity contribution in [3.8, 4) is 0 Å². The SMILES string of the molecule is O=C(c1cccnc1)c1ccc(Cl)cc1Cl. The summed E-state index contributed by atoms with van der Waals surface area (Å²) in [5, 5.41) is 0.856. The van der Waals surface area contributed by atoms with Gasteiger partial charge in [-0.05, 0) is 30.3 Å². The first kappa shape index (κ1) is 11.1. The molecule has 1 aromatic carbocycles. The fraction of sp³-hybridized carbons (Fsp3) is 0. The minimum atomic E-state index is -0.158. The van der Waals surface area contributed by atoms with E-state index in [1.54, 1.807) is 36.5 Å². The molecule has 0 radical (unpaired) electrons. The topological polar surface area (TPSA) is 30.0 Å². The number of benzene rings is 1. The van der Waals surface area contributed by atoms with Crippen LogP contribution in [0.3, 0.4) is 0 Å². The Hall–Kier alpha value is -1.38. The van der Waals surface area contributed by atoms with Crippen LogP contribution in [0, 0.1) is 0 Å². The van der Waals surface area contributed by atoms with Gasteiger partial charge in [0.2, 0.25) is 0 Å². The summed E-state index contributed by atoms with van der Waals surface area (Å²) in [6.07, 6.45) is 3.12. The fourth-order valence-electron chi connectivity index (χ4n) is 1.33. The van der Waals surface area contributed by atoms with E-state index in [9.17, 15) is 4.79 Å². The van der Waals surface area contributed by atoms with E-state index in [4.69, 9.17) is 23.2 Å². The highest BCUT2D eigenvalue weighted by molar-refractivity contribution is 6.37. The van der Waals surface area contributed by atoms with Gasteiger partial charge < -0.3 is 0 Å². The maximum absolute atomic E-state index is 12.0. The Kier molecular flexibility index (Phi) is 3.22. The third kappa shape index (κ3) is 2.23. The molecule has 2 nitrogen and oxygen atoms in total. The van der Waals surface area contributed by atoms with Crippen molar-refractivity contribution in [2.75, 3.05) is 0 Å². The highest BCUT2D eigenvalue weighted by Crippen LogP contribution is 2.23. The van der Waals surface area contributed by atoms with Crippen molar-refractivity contribution < 1.29 is 4.79 Å². The molecule has 0 aliphatic carbocycles. The summed E-state index contributed by atoms with van der Waals surface area (Å²) in [5.74, 6) is -0.158. The van der Waals surface area contributed by atoms with E-state index in [1.165, 1.54) is 6.20 Å². The molecule has 80 valence electrons. The molecule has 16 heavy (non-hydrogen) atoms. The molecule has 0 unspecified atom stereocenters. The first-order valence-corrected chi connectivity index (χ1v) is 5.34. The summed E-state index contributed by atoms with van der Waals surface area (Å²) < 4.78 is 0. The van der Waals surface area contributed by atoms with Crippen LogP contribution in [0.2, 0.25) is 10.0 Å². The number of hydrogen-bond donors (Lipinski definition) is 0. The van der Waals surface area contributed by atoms with Gasteiger partial charge in [-0.15, -0.1) is 0 Å². The van der Waals surface area contributed by atoms with E-state index in [-0.39, 0.29) is 5.78 Å². The molecule has 0 saturated carbocycles. The normalized spacial score (nSPS) is 10.1. The molecular formula is C12H7Cl2NO. The molecule has 0 atom stereocenters. The van der Waals surface area contributed by atoms with Gasteiger partial charge in [0, 0.05) is 28.5 Å². The highest BCUT2D eigenvalue weighted by atomic mass is 35.5. The summed E-state index contributed by atoms with van der Waals surface area (Å²) in [7, 11) is 0. The minimum absolute atomic E-state index is 0.158. The van der Waals surface area contributed by atoms with Crippen molar-refractivity contribution in [2.45, 2.75) is 0 Å². The standard InChI is InChI=1S/C12H7Cl2NO/c13-9-3-4-10(11(14)6-9)12(16)8-2-1-5-15-7-8/h1-7H. The van der Waals surface area contributed by atoms with E-state index in [1.807, 2.05) is 0 Å².